The Morgan fingerprint density at radius 3 is 2.76 bits per heavy atom. The van der Waals surface area contributed by atoms with Gasteiger partial charge in [-0.15, -0.1) is 0 Å². The van der Waals surface area contributed by atoms with Gasteiger partial charge in [-0.25, -0.2) is 28.1 Å². The van der Waals surface area contributed by atoms with Crippen LogP contribution in [0.3, 0.4) is 0 Å². The fraction of sp³-hybridized carbons (Fsp3) is 0.458. The highest BCUT2D eigenvalue weighted by atomic mass is 19.3. The highest BCUT2D eigenvalue weighted by Crippen LogP contribution is 2.32. The maximum Gasteiger partial charge on any atom is 0.266 e. The molecule has 0 amide bonds. The van der Waals surface area contributed by atoms with Crippen LogP contribution in [0, 0.1) is 12.7 Å². The standard InChI is InChI=1S/C24H27F3N6/c1-14(17-6-3-7-18(22(17)25)23(26)27)29-24-19-11-21(28-12-20(19)30-15(2)31-24)33-10-9-32-8-4-5-16(32)13-33/h3,6-7,11-12,14,16,23H,4-5,8-10,13H2,1-2H3,(H,29,30,31)/t14-,16-/m1/s1. The second-order valence-electron chi connectivity index (χ2n) is 8.87. The summed E-state index contributed by atoms with van der Waals surface area (Å²) in [6.07, 6.45) is 1.33. The number of fused-ring (bicyclic) bond motifs is 2. The molecule has 2 fully saturated rings. The number of halogens is 3. The number of nitrogens with zero attached hydrogens (tertiary/aromatic N) is 5. The van der Waals surface area contributed by atoms with Crippen LogP contribution >= 0.6 is 0 Å². The minimum absolute atomic E-state index is 0.170. The van der Waals surface area contributed by atoms with Gasteiger partial charge in [-0.3, -0.25) is 4.90 Å². The normalized spacial score (nSPS) is 19.8. The first-order chi connectivity index (χ1) is 15.9. The van der Waals surface area contributed by atoms with E-state index in [1.165, 1.54) is 31.5 Å². The van der Waals surface area contributed by atoms with Gasteiger partial charge < -0.3 is 10.2 Å². The third-order valence-corrected chi connectivity index (χ3v) is 6.70. The Morgan fingerprint density at radius 2 is 1.94 bits per heavy atom. The summed E-state index contributed by atoms with van der Waals surface area (Å²) in [5.74, 6) is 1.06. The molecule has 9 heteroatoms. The van der Waals surface area contributed by atoms with Crippen LogP contribution in [0.25, 0.3) is 10.9 Å². The maximum absolute atomic E-state index is 14.7. The number of rotatable bonds is 5. The summed E-state index contributed by atoms with van der Waals surface area (Å²) in [6.45, 7) is 7.56. The van der Waals surface area contributed by atoms with Crippen molar-refractivity contribution in [1.82, 2.24) is 19.9 Å². The van der Waals surface area contributed by atoms with Crippen LogP contribution in [0.15, 0.2) is 30.5 Å². The van der Waals surface area contributed by atoms with Crippen molar-refractivity contribution in [1.29, 1.82) is 0 Å². The molecule has 0 saturated carbocycles. The molecule has 1 aromatic carbocycles. The van der Waals surface area contributed by atoms with Crippen LogP contribution in [-0.4, -0.2) is 52.1 Å². The zero-order chi connectivity index (χ0) is 23.1. The van der Waals surface area contributed by atoms with Crippen molar-refractivity contribution in [3.8, 4) is 0 Å². The molecule has 0 aliphatic carbocycles. The zero-order valence-corrected chi connectivity index (χ0v) is 18.7. The van der Waals surface area contributed by atoms with Crippen LogP contribution in [-0.2, 0) is 0 Å². The van der Waals surface area contributed by atoms with Gasteiger partial charge in [0.25, 0.3) is 6.43 Å². The Kier molecular flexibility index (Phi) is 5.82. The van der Waals surface area contributed by atoms with Crippen molar-refractivity contribution in [3.05, 3.63) is 53.2 Å². The molecule has 0 radical (unpaired) electrons. The lowest BCUT2D eigenvalue weighted by molar-refractivity contribution is 0.146. The lowest BCUT2D eigenvalue weighted by atomic mass is 10.0. The second kappa shape index (κ2) is 8.78. The molecule has 33 heavy (non-hydrogen) atoms. The molecule has 2 saturated heterocycles. The lowest BCUT2D eigenvalue weighted by Gasteiger charge is -2.38. The number of alkyl halides is 2. The number of hydrogen-bond donors (Lipinski definition) is 1. The summed E-state index contributed by atoms with van der Waals surface area (Å²) >= 11 is 0. The molecule has 2 aromatic heterocycles. The Labute approximate surface area is 190 Å². The molecule has 6 nitrogen and oxygen atoms in total. The summed E-state index contributed by atoms with van der Waals surface area (Å²) in [5.41, 5.74) is 0.258. The van der Waals surface area contributed by atoms with E-state index in [1.807, 2.05) is 6.07 Å². The van der Waals surface area contributed by atoms with Crippen molar-refractivity contribution in [2.24, 2.45) is 0 Å². The number of benzene rings is 1. The SMILES string of the molecule is Cc1nc(N[C@H](C)c2cccc(C(F)F)c2F)c2cc(N3CCN4CCC[C@@H]4C3)ncc2n1. The number of nitrogens with one attached hydrogen (secondary N) is 1. The molecule has 174 valence electrons. The van der Waals surface area contributed by atoms with Crippen LogP contribution in [0.1, 0.15) is 49.2 Å². The van der Waals surface area contributed by atoms with Crippen molar-refractivity contribution in [2.45, 2.75) is 45.2 Å². The number of aryl methyl sites for hydroxylation is 1. The third-order valence-electron chi connectivity index (χ3n) is 6.70. The smallest absolute Gasteiger partial charge is 0.266 e. The van der Waals surface area contributed by atoms with Gasteiger partial charge in [0.2, 0.25) is 0 Å². The molecule has 1 N–H and O–H groups in total. The number of pyridine rings is 1. The van der Waals surface area contributed by atoms with E-state index in [9.17, 15) is 13.2 Å². The largest absolute Gasteiger partial charge is 0.363 e. The van der Waals surface area contributed by atoms with Crippen molar-refractivity contribution in [3.63, 3.8) is 0 Å². The molecule has 2 aliphatic rings. The zero-order valence-electron chi connectivity index (χ0n) is 18.7. The second-order valence-corrected chi connectivity index (χ2v) is 8.87. The molecule has 2 aliphatic heterocycles. The average Bonchev–Trinajstić information content (AvgIpc) is 3.26. The van der Waals surface area contributed by atoms with E-state index < -0.39 is 23.8 Å². The van der Waals surface area contributed by atoms with Crippen LogP contribution in [0.4, 0.5) is 24.8 Å². The van der Waals surface area contributed by atoms with Crippen molar-refractivity contribution >= 4 is 22.5 Å². The highest BCUT2D eigenvalue weighted by Gasteiger charge is 2.31. The fourth-order valence-corrected chi connectivity index (χ4v) is 4.97. The average molecular weight is 457 g/mol. The molecule has 3 aromatic rings. The molecule has 0 unspecified atom stereocenters. The van der Waals surface area contributed by atoms with E-state index in [0.717, 1.165) is 36.9 Å². The van der Waals surface area contributed by atoms with E-state index in [0.29, 0.717) is 23.2 Å². The number of aromatic nitrogens is 3. The van der Waals surface area contributed by atoms with Gasteiger partial charge in [0.05, 0.1) is 23.3 Å². The van der Waals surface area contributed by atoms with Gasteiger partial charge in [0.15, 0.2) is 0 Å². The fourth-order valence-electron chi connectivity index (χ4n) is 4.97. The molecule has 5 rings (SSSR count). The van der Waals surface area contributed by atoms with E-state index in [1.54, 1.807) is 20.0 Å². The molecule has 0 spiro atoms. The van der Waals surface area contributed by atoms with Crippen LogP contribution in [0.2, 0.25) is 0 Å². The molecule has 2 atom stereocenters. The number of piperazine rings is 1. The number of anilines is 2. The Hall–Kier alpha value is -2.94. The molecule has 0 bridgehead atoms. The van der Waals surface area contributed by atoms with Crippen molar-refractivity contribution < 1.29 is 13.2 Å². The summed E-state index contributed by atoms with van der Waals surface area (Å²) in [6, 6.07) is 6.05. The van der Waals surface area contributed by atoms with E-state index in [-0.39, 0.29) is 5.56 Å². The summed E-state index contributed by atoms with van der Waals surface area (Å²) < 4.78 is 41.0. The summed E-state index contributed by atoms with van der Waals surface area (Å²) in [7, 11) is 0. The topological polar surface area (TPSA) is 57.2 Å². The predicted molar refractivity (Wildman–Crippen MR) is 122 cm³/mol. The lowest BCUT2D eigenvalue weighted by Crippen LogP contribution is -2.50. The van der Waals surface area contributed by atoms with Gasteiger partial charge in [0, 0.05) is 36.6 Å². The predicted octanol–water partition coefficient (Wildman–Crippen LogP) is 4.87. The van der Waals surface area contributed by atoms with Gasteiger partial charge in [-0.2, -0.15) is 0 Å². The first kappa shape index (κ1) is 21.9. The van der Waals surface area contributed by atoms with Gasteiger partial charge in [-0.05, 0) is 39.3 Å². The monoisotopic (exact) mass is 456 g/mol. The summed E-state index contributed by atoms with van der Waals surface area (Å²) in [5, 5.41) is 4.00. The minimum Gasteiger partial charge on any atom is -0.363 e. The molecule has 4 heterocycles. The quantitative estimate of drug-likeness (QED) is 0.591. The molecular formula is C24H27F3N6. The van der Waals surface area contributed by atoms with Crippen LogP contribution in [0.5, 0.6) is 0 Å². The third kappa shape index (κ3) is 4.21. The van der Waals surface area contributed by atoms with Crippen molar-refractivity contribution in [2.75, 3.05) is 36.4 Å². The van der Waals surface area contributed by atoms with E-state index in [2.05, 4.69) is 30.1 Å². The van der Waals surface area contributed by atoms with Crippen LogP contribution < -0.4 is 10.2 Å². The Morgan fingerprint density at radius 1 is 1.12 bits per heavy atom. The Bertz CT molecular complexity index is 1170. The van der Waals surface area contributed by atoms with Gasteiger partial charge >= 0.3 is 0 Å². The Balaban J connectivity index is 1.46. The van der Waals surface area contributed by atoms with E-state index in [4.69, 9.17) is 0 Å². The van der Waals surface area contributed by atoms with Gasteiger partial charge in [0.1, 0.15) is 23.3 Å². The highest BCUT2D eigenvalue weighted by molar-refractivity contribution is 5.90. The number of hydrogen-bond acceptors (Lipinski definition) is 6. The first-order valence-corrected chi connectivity index (χ1v) is 11.4. The summed E-state index contributed by atoms with van der Waals surface area (Å²) in [4.78, 5) is 18.5. The maximum atomic E-state index is 14.7. The molecular weight excluding hydrogens is 429 g/mol. The minimum atomic E-state index is -2.87. The van der Waals surface area contributed by atoms with Gasteiger partial charge in [-0.1, -0.05) is 18.2 Å². The van der Waals surface area contributed by atoms with E-state index >= 15 is 0 Å². The first-order valence-electron chi connectivity index (χ1n) is 11.4.